The number of carbonyl (C=O) groups excluding carboxylic acids is 4. The number of aliphatic hydroxyl groups is 2. The van der Waals surface area contributed by atoms with Crippen LogP contribution in [0.15, 0.2) is 23.3 Å². The molecule has 13 atom stereocenters. The average Bonchev–Trinajstić information content (AvgIpc) is 0.777. The zero-order valence-electron chi connectivity index (χ0n) is 61.9. The molecule has 3 aliphatic heterocycles. The van der Waals surface area contributed by atoms with Crippen LogP contribution in [0.3, 0.4) is 0 Å². The summed E-state index contributed by atoms with van der Waals surface area (Å²) in [5, 5.41) is 61.0. The van der Waals surface area contributed by atoms with Crippen LogP contribution in [0.25, 0.3) is 0 Å². The summed E-state index contributed by atoms with van der Waals surface area (Å²) in [6.45, 7) is 13.1. The predicted molar refractivity (Wildman–Crippen MR) is 463 cm³/mol. The molecule has 5 N–H and O–H groups in total. The molecule has 626 valence electrons. The number of ether oxygens (including phenoxy) is 5. The first-order valence-corrected chi connectivity index (χ1v) is 33.4. The van der Waals surface area contributed by atoms with Crippen LogP contribution in [0, 0.1) is 279 Å². The van der Waals surface area contributed by atoms with Crippen molar-refractivity contribution >= 4 is 23.4 Å². The van der Waals surface area contributed by atoms with Gasteiger partial charge in [0.1, 0.15) is 24.0 Å². The third-order valence-electron chi connectivity index (χ3n) is 15.6. The number of allylic oxidation sites excluding steroid dienone is 3. The lowest BCUT2D eigenvalue weighted by atomic mass is 9.82. The molecule has 4 aliphatic rings. The Morgan fingerprint density at radius 3 is 1.48 bits per heavy atom. The lowest BCUT2D eigenvalue weighted by molar-refractivity contribution is -0.781. The molecule has 4 rings (SSSR count). The minimum Gasteiger partial charge on any atom is -0.456 e. The number of nitrogens with one attached hydrogen (secondary N) is 1. The maximum Gasteiger partial charge on any atom is 0.329 e. The molecule has 0 unspecified atom stereocenters. The zero-order valence-corrected chi connectivity index (χ0v) is 61.9. The molecule has 2 bridgehead atoms. The Balaban J connectivity index is -0.0000000450. The van der Waals surface area contributed by atoms with Crippen molar-refractivity contribution in [2.24, 2.45) is 29.6 Å². The van der Waals surface area contributed by atoms with Gasteiger partial charge in [0, 0.05) is 240 Å². The Kier molecular flexibility index (Phi) is 51.1. The normalized spacial score (nSPS) is 23.0. The van der Waals surface area contributed by atoms with Crippen LogP contribution >= 0.6 is 0 Å². The van der Waals surface area contributed by atoms with Gasteiger partial charge in [-0.2, -0.15) is 0 Å². The monoisotopic (exact) mass is 1550 g/mol. The van der Waals surface area contributed by atoms with Crippen LogP contribution in [0.2, 0.25) is 0 Å². The highest BCUT2D eigenvalue weighted by Gasteiger charge is 2.56. The van der Waals surface area contributed by atoms with Gasteiger partial charge >= 0.3 is 5.97 Å². The molecule has 1 aliphatic carbocycles. The number of carbonyl (C=O) groups is 4. The SMILES string of the molecule is C#CC#CC#CC#CC#CC#CC#CC#CC#CC#CC#CC#CC#CC#CC#CC#CC#CC#CC#CC#CC#CC.CC[C@@H]1/C=C(\C)C[C@H](C)C[C@H](OC)[C@H]2O[C@@](O)(C(=O)C(=O)N3CCCC[C@H]3C(=O)O[C@H](/C(C)=C/[C@@H]3CCC[C@H](OC)C3)[C@H](C)[C@@H](O)CC1=O)[C@H](C)C[C@@H]2OC.OOOOONOOOOOO.[HH].[HH].[HH].[HH].[HH].[HH].[HH].[HH].[HH].[HH].[HH].[HH].[HH].[HH].[HH].[HH].[HH].[HH].[HH].[HH].[HH].[HH].[HH].[HH].[HH].[HH].[HH].[HH].[HH].[HH].[HH].[HH]. The second-order valence-electron chi connectivity index (χ2n) is 23.0. The molecule has 0 aromatic rings. The van der Waals surface area contributed by atoms with E-state index in [2.05, 4.69) is 301 Å². The third kappa shape index (κ3) is 40.0. The number of cyclic esters (lactones) is 1. The molecule has 3 fully saturated rings. The lowest BCUT2D eigenvalue weighted by Gasteiger charge is -2.47. The van der Waals surface area contributed by atoms with Gasteiger partial charge < -0.3 is 38.8 Å². The van der Waals surface area contributed by atoms with Crippen LogP contribution < -0.4 is 5.64 Å². The number of methoxy groups -OCH3 is 3. The minimum atomic E-state index is -2.48. The Morgan fingerprint density at radius 1 is 0.600 bits per heavy atom. The number of terminal acetylenes is 1. The second kappa shape index (κ2) is 59.9. The van der Waals surface area contributed by atoms with Crippen molar-refractivity contribution in [1.82, 2.24) is 10.5 Å². The van der Waals surface area contributed by atoms with Gasteiger partial charge in [0.25, 0.3) is 11.7 Å². The van der Waals surface area contributed by atoms with E-state index in [-0.39, 0.29) is 95.2 Å². The molecule has 3 heterocycles. The van der Waals surface area contributed by atoms with E-state index in [1.807, 2.05) is 26.8 Å². The number of rotatable bonds is 15. The molecule has 24 nitrogen and oxygen atoms in total. The van der Waals surface area contributed by atoms with Crippen LogP contribution in [0.4, 0.5) is 0 Å². The Labute approximate surface area is 691 Å². The highest BCUT2D eigenvalue weighted by molar-refractivity contribution is 6.39. The predicted octanol–water partition coefficient (Wildman–Crippen LogP) is 13.0. The number of aliphatic hydroxyl groups excluding tert-OH is 1. The van der Waals surface area contributed by atoms with Crippen molar-refractivity contribution in [3.63, 3.8) is 0 Å². The average molecular weight is 1550 g/mol. The van der Waals surface area contributed by atoms with Gasteiger partial charge in [-0.15, -0.1) is 6.42 Å². The van der Waals surface area contributed by atoms with Crippen LogP contribution in [0.5, 0.6) is 0 Å². The van der Waals surface area contributed by atoms with E-state index in [0.717, 1.165) is 36.8 Å². The molecule has 24 heteroatoms. The highest BCUT2D eigenvalue weighted by Crippen LogP contribution is 2.39. The molecular weight excluding hydrogens is 1410 g/mol. The third-order valence-corrected chi connectivity index (χ3v) is 15.6. The molecule has 0 aromatic carbocycles. The number of esters is 1. The Morgan fingerprint density at radius 2 is 1.05 bits per heavy atom. The fourth-order valence-electron chi connectivity index (χ4n) is 10.7. The topological polar surface area (TPSA) is 294 Å². The number of Topliss-reactive ketones (excluding diaryl/α,β-unsaturated/α-hetero) is 2. The van der Waals surface area contributed by atoms with Crippen molar-refractivity contribution in [3.05, 3.63) is 23.3 Å². The largest absolute Gasteiger partial charge is 0.456 e. The Bertz CT molecular complexity index is 4790. The number of amides is 1. The van der Waals surface area contributed by atoms with Gasteiger partial charge in [-0.25, -0.2) is 15.3 Å². The highest BCUT2D eigenvalue weighted by atomic mass is 17.8. The number of hydrogen-bond donors (Lipinski definition) is 5. The van der Waals surface area contributed by atoms with Crippen molar-refractivity contribution in [2.45, 2.75) is 174 Å². The summed E-state index contributed by atoms with van der Waals surface area (Å²) >= 11 is 0. The number of ketones is 2. The summed E-state index contributed by atoms with van der Waals surface area (Å²) in [5.74, 6) is 94.8. The smallest absolute Gasteiger partial charge is 0.329 e. The summed E-state index contributed by atoms with van der Waals surface area (Å²) in [7, 11) is 4.80. The number of piperidine rings is 1. The summed E-state index contributed by atoms with van der Waals surface area (Å²) in [4.78, 5) is 64.9. The first kappa shape index (κ1) is 93.9. The molecule has 1 amide bonds. The van der Waals surface area contributed by atoms with E-state index in [4.69, 9.17) is 40.6 Å². The van der Waals surface area contributed by atoms with Gasteiger partial charge in [0.05, 0.1) is 24.4 Å². The van der Waals surface area contributed by atoms with Crippen LogP contribution in [-0.4, -0.2) is 125 Å². The first-order chi connectivity index (χ1) is 53.4. The van der Waals surface area contributed by atoms with Crippen LogP contribution in [0.1, 0.15) is 171 Å². The minimum absolute atomic E-state index is 0. The number of nitrogens with zero attached hydrogens (tertiary/aromatic N) is 1. The molecule has 110 heavy (non-hydrogen) atoms. The van der Waals surface area contributed by atoms with Gasteiger partial charge in [-0.05, 0) is 238 Å². The van der Waals surface area contributed by atoms with Gasteiger partial charge in [0.2, 0.25) is 5.79 Å². The number of hydrogen-bond acceptors (Lipinski definition) is 23. The molecule has 1 saturated carbocycles. The first-order valence-electron chi connectivity index (χ1n) is 33.4. The maximum absolute atomic E-state index is 14.3. The second-order valence-corrected chi connectivity index (χ2v) is 23.0. The van der Waals surface area contributed by atoms with E-state index in [0.29, 0.717) is 32.1 Å². The summed E-state index contributed by atoms with van der Waals surface area (Å²) in [6, 6.07) is -1.09. The van der Waals surface area contributed by atoms with Crippen molar-refractivity contribution in [3.8, 4) is 249 Å². The van der Waals surface area contributed by atoms with E-state index in [1.54, 1.807) is 42.1 Å². The summed E-state index contributed by atoms with van der Waals surface area (Å²) < 4.78 is 29.9. The molecule has 0 spiro atoms. The fourth-order valence-corrected chi connectivity index (χ4v) is 10.7. The van der Waals surface area contributed by atoms with E-state index in [1.165, 1.54) is 10.5 Å². The quantitative estimate of drug-likeness (QED) is 0.0194. The van der Waals surface area contributed by atoms with Crippen molar-refractivity contribution in [2.75, 3.05) is 27.9 Å². The molecule has 2 saturated heterocycles. The summed E-state index contributed by atoms with van der Waals surface area (Å²) in [5.41, 5.74) is 3.14. The van der Waals surface area contributed by atoms with Crippen LogP contribution in [-0.2, 0) is 88.1 Å². The van der Waals surface area contributed by atoms with E-state index in [9.17, 15) is 29.4 Å². The number of fused-ring (bicyclic) bond motifs is 3. The van der Waals surface area contributed by atoms with Crippen molar-refractivity contribution in [1.29, 1.82) is 0 Å². The van der Waals surface area contributed by atoms with Gasteiger partial charge in [0.15, 0.2) is 0 Å². The van der Waals surface area contributed by atoms with Gasteiger partial charge in [-0.1, -0.05) is 67.7 Å². The molecule has 0 aromatic heterocycles. The lowest BCUT2D eigenvalue weighted by Crippen LogP contribution is -2.64. The van der Waals surface area contributed by atoms with Crippen molar-refractivity contribution < 1.29 is 154 Å². The van der Waals surface area contributed by atoms with E-state index >= 15 is 0 Å². The fraction of sp³-hybridized carbons (Fsp3) is 0.419. The molecule has 0 radical (unpaired) electrons. The maximum atomic E-state index is 14.3. The Hall–Kier alpha value is -12.2. The summed E-state index contributed by atoms with van der Waals surface area (Å²) in [6.07, 6.45) is 12.1. The zero-order chi connectivity index (χ0) is 80.7. The standard InChI is InChI=1S/C43H69NO11.C43H4.H3NO11.32H2/c1-10-31-19-25(2)18-26(3)20-36(52-8)39-37(53-9)22-28(5)43(50,55-39)40(47)41(48)44-17-12-11-16-33(44)42(49)54-38(29(6)34(45)24-35(31)46)27(4)21-30-14-13-15-32(23-30)51-7;1-3-5-7-9-11-13-15-17-19-21-23-25-27-29-31-33-35-37-39-41-43-42-40-38-36-34-32-30-28-26-24-22-20-18-16-14-12-10-8-6-4-2;2-6-10-8-4-1-5-9-12-11-7-3;;;;;;;;;;;;;;;;;;;;;;;;;;;;;;;;/h19,21,26,28-34,36-39,45,50H,10-18,20,22-24H2,1-9H3;1H,2H3;1-3H;32*1H/b25-19+,27-21+;;;;;;;;;;;;;;;;;;;;;;;;;;;;;;;;;;/t26-,28+,29+,30-,31+,32-,33-,34-,36-,37-,38+,39+,43+;;;;;;;;;;;;;;;;;;;;;;;;;;;;;;;;;;/m0................................../s1. The van der Waals surface area contributed by atoms with E-state index < -0.39 is 77.8 Å². The van der Waals surface area contributed by atoms with Gasteiger partial charge in [-0.3, -0.25) is 14.4 Å². The molecular formula is C86H140N2O22.